The van der Waals surface area contributed by atoms with E-state index in [1.54, 1.807) is 18.2 Å². The summed E-state index contributed by atoms with van der Waals surface area (Å²) < 4.78 is 12.8. The summed E-state index contributed by atoms with van der Waals surface area (Å²) in [6.45, 7) is 4.04. The molecule has 0 atom stereocenters. The molecule has 0 unspecified atom stereocenters. The van der Waals surface area contributed by atoms with E-state index >= 15 is 0 Å². The van der Waals surface area contributed by atoms with Crippen molar-refractivity contribution in [1.82, 2.24) is 15.8 Å². The molecule has 7 heteroatoms. The summed E-state index contributed by atoms with van der Waals surface area (Å²) in [5.74, 6) is -1.68. The van der Waals surface area contributed by atoms with E-state index in [0.29, 0.717) is 11.3 Å². The molecular formula is C19H16FN3O3. The minimum atomic E-state index is -0.563. The fourth-order valence-corrected chi connectivity index (χ4v) is 2.65. The molecule has 0 saturated carbocycles. The molecule has 6 nitrogen and oxygen atoms in total. The average molecular weight is 353 g/mol. The highest BCUT2D eigenvalue weighted by Crippen LogP contribution is 2.30. The molecule has 3 amide bonds. The van der Waals surface area contributed by atoms with E-state index in [4.69, 9.17) is 0 Å². The van der Waals surface area contributed by atoms with Crippen molar-refractivity contribution in [2.75, 3.05) is 6.54 Å². The van der Waals surface area contributed by atoms with Crippen molar-refractivity contribution in [2.24, 2.45) is 0 Å². The second-order valence-corrected chi connectivity index (χ2v) is 5.71. The van der Waals surface area contributed by atoms with E-state index in [2.05, 4.69) is 17.4 Å². The second-order valence-electron chi connectivity index (χ2n) is 5.71. The van der Waals surface area contributed by atoms with Crippen molar-refractivity contribution >= 4 is 23.4 Å². The maximum absolute atomic E-state index is 12.8. The van der Waals surface area contributed by atoms with Gasteiger partial charge >= 0.3 is 0 Å². The van der Waals surface area contributed by atoms with Crippen LogP contribution in [0, 0.1) is 5.82 Å². The second kappa shape index (κ2) is 7.18. The number of fused-ring (bicyclic) bond motifs is 1. The number of nitrogens with one attached hydrogen (secondary N) is 2. The van der Waals surface area contributed by atoms with E-state index in [0.717, 1.165) is 17.7 Å². The van der Waals surface area contributed by atoms with Crippen LogP contribution in [0.4, 0.5) is 4.39 Å². The highest BCUT2D eigenvalue weighted by Gasteiger charge is 2.30. The lowest BCUT2D eigenvalue weighted by Crippen LogP contribution is -2.42. The van der Waals surface area contributed by atoms with Crippen LogP contribution in [-0.2, 0) is 4.79 Å². The molecular weight excluding hydrogens is 337 g/mol. The van der Waals surface area contributed by atoms with Gasteiger partial charge in [0.15, 0.2) is 0 Å². The Hall–Kier alpha value is -3.48. The monoisotopic (exact) mass is 353 g/mol. The van der Waals surface area contributed by atoms with E-state index in [1.165, 1.54) is 17.0 Å². The zero-order valence-corrected chi connectivity index (χ0v) is 13.8. The van der Waals surface area contributed by atoms with Crippen LogP contribution < -0.4 is 10.9 Å². The first-order valence-corrected chi connectivity index (χ1v) is 7.92. The van der Waals surface area contributed by atoms with Gasteiger partial charge in [-0.3, -0.25) is 25.2 Å². The van der Waals surface area contributed by atoms with Gasteiger partial charge in [-0.05, 0) is 30.3 Å². The van der Waals surface area contributed by atoms with Crippen molar-refractivity contribution in [1.29, 1.82) is 0 Å². The maximum Gasteiger partial charge on any atom is 0.269 e. The molecule has 0 bridgehead atoms. The van der Waals surface area contributed by atoms with E-state index < -0.39 is 17.6 Å². The Morgan fingerprint density at radius 3 is 2.31 bits per heavy atom. The molecule has 0 radical (unpaired) electrons. The summed E-state index contributed by atoms with van der Waals surface area (Å²) in [5, 5.41) is 0. The summed E-state index contributed by atoms with van der Waals surface area (Å²) in [5.41, 5.74) is 6.59. The number of carbonyl (C=O) groups is 3. The van der Waals surface area contributed by atoms with E-state index in [1.807, 2.05) is 6.07 Å². The lowest BCUT2D eigenvalue weighted by molar-refractivity contribution is -0.121. The van der Waals surface area contributed by atoms with E-state index in [-0.39, 0.29) is 24.4 Å². The lowest BCUT2D eigenvalue weighted by Gasteiger charge is -2.17. The Morgan fingerprint density at radius 1 is 1.00 bits per heavy atom. The van der Waals surface area contributed by atoms with Gasteiger partial charge in [0, 0.05) is 35.4 Å². The normalized spacial score (nSPS) is 12.7. The first-order valence-electron chi connectivity index (χ1n) is 7.92. The molecule has 0 aliphatic carbocycles. The third-order valence-corrected chi connectivity index (χ3v) is 4.02. The van der Waals surface area contributed by atoms with Crippen molar-refractivity contribution in [3.8, 4) is 0 Å². The molecule has 2 aromatic carbocycles. The number of rotatable bonds is 4. The summed E-state index contributed by atoms with van der Waals surface area (Å²) in [7, 11) is 0. The quantitative estimate of drug-likeness (QED) is 0.827. The fraction of sp³-hybridized carbons (Fsp3) is 0.105. The van der Waals surface area contributed by atoms with Crippen LogP contribution in [-0.4, -0.2) is 29.2 Å². The molecule has 0 aromatic heterocycles. The average Bonchev–Trinajstić information content (AvgIpc) is 2.89. The molecule has 0 spiro atoms. The Bertz CT molecular complexity index is 858. The van der Waals surface area contributed by atoms with Crippen molar-refractivity contribution in [3.63, 3.8) is 0 Å². The molecule has 2 aromatic rings. The van der Waals surface area contributed by atoms with Crippen molar-refractivity contribution < 1.29 is 18.8 Å². The van der Waals surface area contributed by atoms with Gasteiger partial charge in [-0.25, -0.2) is 4.39 Å². The Balaban J connectivity index is 1.50. The smallest absolute Gasteiger partial charge is 0.269 e. The number of hydrogen-bond acceptors (Lipinski definition) is 3. The zero-order chi connectivity index (χ0) is 18.7. The molecule has 0 fully saturated rings. The number of halogens is 1. The predicted octanol–water partition coefficient (Wildman–Crippen LogP) is 2.10. The number of carbonyl (C=O) groups excluding carboxylic acids is 3. The first kappa shape index (κ1) is 17.3. The van der Waals surface area contributed by atoms with Crippen LogP contribution in [0.15, 0.2) is 55.1 Å². The van der Waals surface area contributed by atoms with Gasteiger partial charge in [-0.15, -0.1) is 0 Å². The number of amides is 3. The number of benzene rings is 2. The zero-order valence-electron chi connectivity index (χ0n) is 13.8. The molecule has 1 aliphatic heterocycles. The molecule has 132 valence electrons. The topological polar surface area (TPSA) is 78.5 Å². The summed E-state index contributed by atoms with van der Waals surface area (Å²) >= 11 is 0. The van der Waals surface area contributed by atoms with Crippen LogP contribution in [0.2, 0.25) is 0 Å². The minimum absolute atomic E-state index is 0.0115. The fourth-order valence-electron chi connectivity index (χ4n) is 2.65. The maximum atomic E-state index is 12.8. The molecule has 2 N–H and O–H groups in total. The van der Waals surface area contributed by atoms with Crippen molar-refractivity contribution in [3.05, 3.63) is 77.6 Å². The molecule has 1 heterocycles. The van der Waals surface area contributed by atoms with Gasteiger partial charge in [-0.1, -0.05) is 24.8 Å². The number of hydrazine groups is 1. The third-order valence-electron chi connectivity index (χ3n) is 4.02. The SMILES string of the molecule is C=C1c2ccccc2C(=O)N1CCC(=O)NNC(=O)c1ccc(F)cc1. The molecule has 3 rings (SSSR count). The van der Waals surface area contributed by atoms with E-state index in [9.17, 15) is 18.8 Å². The molecule has 0 saturated heterocycles. The van der Waals surface area contributed by atoms with Crippen LogP contribution in [0.3, 0.4) is 0 Å². The summed E-state index contributed by atoms with van der Waals surface area (Å²) in [6.07, 6.45) is -0.0115. The number of hydrogen-bond donors (Lipinski definition) is 2. The van der Waals surface area contributed by atoms with Gasteiger partial charge in [0.2, 0.25) is 5.91 Å². The summed E-state index contributed by atoms with van der Waals surface area (Å²) in [6, 6.07) is 12.0. The van der Waals surface area contributed by atoms with Gasteiger partial charge < -0.3 is 4.90 Å². The molecule has 26 heavy (non-hydrogen) atoms. The Labute approximate surface area is 149 Å². The lowest BCUT2D eigenvalue weighted by atomic mass is 10.1. The van der Waals surface area contributed by atoms with Crippen LogP contribution in [0.1, 0.15) is 32.7 Å². The van der Waals surface area contributed by atoms with Gasteiger partial charge in [0.05, 0.1) is 0 Å². The highest BCUT2D eigenvalue weighted by atomic mass is 19.1. The first-order chi connectivity index (χ1) is 12.5. The highest BCUT2D eigenvalue weighted by molar-refractivity contribution is 6.09. The standard InChI is InChI=1S/C19H16FN3O3/c1-12-15-4-2-3-5-16(15)19(26)23(12)11-10-17(24)21-22-18(25)13-6-8-14(20)9-7-13/h2-9H,1,10-11H2,(H,21,24)(H,22,25). The summed E-state index contributed by atoms with van der Waals surface area (Å²) in [4.78, 5) is 37.5. The number of nitrogens with zero attached hydrogens (tertiary/aromatic N) is 1. The van der Waals surface area contributed by atoms with Crippen LogP contribution in [0.25, 0.3) is 5.70 Å². The van der Waals surface area contributed by atoms with Gasteiger partial charge in [0.25, 0.3) is 11.8 Å². The predicted molar refractivity (Wildman–Crippen MR) is 93.1 cm³/mol. The minimum Gasteiger partial charge on any atom is -0.308 e. The van der Waals surface area contributed by atoms with Crippen LogP contribution in [0.5, 0.6) is 0 Å². The van der Waals surface area contributed by atoms with Gasteiger partial charge in [0.1, 0.15) is 5.82 Å². The Kier molecular flexibility index (Phi) is 4.79. The van der Waals surface area contributed by atoms with Crippen LogP contribution >= 0.6 is 0 Å². The largest absolute Gasteiger partial charge is 0.308 e. The molecule has 1 aliphatic rings. The van der Waals surface area contributed by atoms with Gasteiger partial charge in [-0.2, -0.15) is 0 Å². The third kappa shape index (κ3) is 3.46. The Morgan fingerprint density at radius 2 is 1.65 bits per heavy atom. The van der Waals surface area contributed by atoms with Crippen molar-refractivity contribution in [2.45, 2.75) is 6.42 Å².